The average Bonchev–Trinajstić information content (AvgIpc) is 2.95. The molecule has 18 heavy (non-hydrogen) atoms. The number of rotatable bonds is 4. The molecule has 6 nitrogen and oxygen atoms in total. The SMILES string of the molecule is CCn1cc(NC(=O)c2cc(C)nn2CC)cn1. The number of nitrogens with one attached hydrogen (secondary N) is 1. The summed E-state index contributed by atoms with van der Waals surface area (Å²) in [4.78, 5) is 12.1. The number of amides is 1. The summed E-state index contributed by atoms with van der Waals surface area (Å²) in [5, 5.41) is 11.2. The first-order valence-corrected chi connectivity index (χ1v) is 6.02. The second-order valence-electron chi connectivity index (χ2n) is 4.03. The third kappa shape index (κ3) is 2.42. The van der Waals surface area contributed by atoms with Crippen LogP contribution in [0.5, 0.6) is 0 Å². The van der Waals surface area contributed by atoms with Crippen molar-refractivity contribution in [2.24, 2.45) is 0 Å². The largest absolute Gasteiger partial charge is 0.318 e. The van der Waals surface area contributed by atoms with Crippen molar-refractivity contribution in [3.05, 3.63) is 29.8 Å². The van der Waals surface area contributed by atoms with Gasteiger partial charge in [-0.2, -0.15) is 10.2 Å². The number of aromatic nitrogens is 4. The van der Waals surface area contributed by atoms with Crippen molar-refractivity contribution in [1.29, 1.82) is 0 Å². The van der Waals surface area contributed by atoms with Crippen LogP contribution >= 0.6 is 0 Å². The van der Waals surface area contributed by atoms with E-state index >= 15 is 0 Å². The molecule has 0 saturated heterocycles. The monoisotopic (exact) mass is 247 g/mol. The number of carbonyl (C=O) groups is 1. The predicted octanol–water partition coefficient (Wildman–Crippen LogP) is 1.68. The van der Waals surface area contributed by atoms with Crippen LogP contribution in [0.1, 0.15) is 30.0 Å². The van der Waals surface area contributed by atoms with Gasteiger partial charge in [-0.05, 0) is 26.8 Å². The predicted molar refractivity (Wildman–Crippen MR) is 68.5 cm³/mol. The van der Waals surface area contributed by atoms with Crippen molar-refractivity contribution in [1.82, 2.24) is 19.6 Å². The van der Waals surface area contributed by atoms with Crippen molar-refractivity contribution < 1.29 is 4.79 Å². The molecule has 1 N–H and O–H groups in total. The van der Waals surface area contributed by atoms with Gasteiger partial charge in [0.1, 0.15) is 5.69 Å². The topological polar surface area (TPSA) is 64.7 Å². The van der Waals surface area contributed by atoms with E-state index < -0.39 is 0 Å². The van der Waals surface area contributed by atoms with Gasteiger partial charge in [-0.15, -0.1) is 0 Å². The fourth-order valence-corrected chi connectivity index (χ4v) is 1.77. The minimum atomic E-state index is -0.159. The summed E-state index contributed by atoms with van der Waals surface area (Å²) in [6.45, 7) is 7.27. The lowest BCUT2D eigenvalue weighted by Crippen LogP contribution is -2.17. The van der Waals surface area contributed by atoms with E-state index in [1.165, 1.54) is 0 Å². The van der Waals surface area contributed by atoms with E-state index in [2.05, 4.69) is 15.5 Å². The Hall–Kier alpha value is -2.11. The van der Waals surface area contributed by atoms with Crippen LogP contribution in [0.2, 0.25) is 0 Å². The lowest BCUT2D eigenvalue weighted by molar-refractivity contribution is 0.101. The summed E-state index contributed by atoms with van der Waals surface area (Å²) in [7, 11) is 0. The van der Waals surface area contributed by atoms with Crippen molar-refractivity contribution in [2.75, 3.05) is 5.32 Å². The van der Waals surface area contributed by atoms with Gasteiger partial charge in [-0.25, -0.2) is 0 Å². The molecular formula is C12H17N5O. The van der Waals surface area contributed by atoms with E-state index in [-0.39, 0.29) is 5.91 Å². The molecule has 96 valence electrons. The van der Waals surface area contributed by atoms with Gasteiger partial charge in [0.05, 0.1) is 17.6 Å². The fourth-order valence-electron chi connectivity index (χ4n) is 1.77. The number of aryl methyl sites for hydroxylation is 3. The smallest absolute Gasteiger partial charge is 0.274 e. The van der Waals surface area contributed by atoms with E-state index in [1.54, 1.807) is 27.8 Å². The standard InChI is InChI=1S/C12H17N5O/c1-4-16-8-10(7-13-16)14-12(18)11-6-9(3)15-17(11)5-2/h6-8H,4-5H2,1-3H3,(H,14,18). The normalized spacial score (nSPS) is 10.6. The van der Waals surface area contributed by atoms with E-state index in [0.717, 1.165) is 12.2 Å². The Kier molecular flexibility index (Phi) is 3.45. The van der Waals surface area contributed by atoms with Gasteiger partial charge < -0.3 is 5.32 Å². The number of hydrogen-bond donors (Lipinski definition) is 1. The Bertz CT molecular complexity index is 555. The molecule has 0 radical (unpaired) electrons. The van der Waals surface area contributed by atoms with Crippen LogP contribution in [0.4, 0.5) is 5.69 Å². The lowest BCUT2D eigenvalue weighted by Gasteiger charge is -2.04. The second-order valence-corrected chi connectivity index (χ2v) is 4.03. The Morgan fingerprint density at radius 3 is 2.78 bits per heavy atom. The quantitative estimate of drug-likeness (QED) is 0.894. The molecular weight excluding hydrogens is 230 g/mol. The molecule has 0 fully saturated rings. The minimum Gasteiger partial charge on any atom is -0.318 e. The zero-order valence-electron chi connectivity index (χ0n) is 10.8. The fraction of sp³-hybridized carbons (Fsp3) is 0.417. The zero-order valence-corrected chi connectivity index (χ0v) is 10.8. The molecule has 0 aliphatic carbocycles. The van der Waals surface area contributed by atoms with Gasteiger partial charge >= 0.3 is 0 Å². The maximum Gasteiger partial charge on any atom is 0.274 e. The van der Waals surface area contributed by atoms with Crippen LogP contribution in [-0.4, -0.2) is 25.5 Å². The molecule has 0 aliphatic heterocycles. The second kappa shape index (κ2) is 5.03. The molecule has 0 bridgehead atoms. The summed E-state index contributed by atoms with van der Waals surface area (Å²) in [5.41, 5.74) is 2.11. The molecule has 2 aromatic rings. The number of carbonyl (C=O) groups excluding carboxylic acids is 1. The summed E-state index contributed by atoms with van der Waals surface area (Å²) < 4.78 is 3.45. The van der Waals surface area contributed by atoms with Gasteiger partial charge in [0.2, 0.25) is 0 Å². The molecule has 2 rings (SSSR count). The lowest BCUT2D eigenvalue weighted by atomic mass is 10.3. The highest BCUT2D eigenvalue weighted by atomic mass is 16.2. The maximum absolute atomic E-state index is 12.1. The summed E-state index contributed by atoms with van der Waals surface area (Å²) >= 11 is 0. The highest BCUT2D eigenvalue weighted by Gasteiger charge is 2.13. The first-order chi connectivity index (χ1) is 8.63. The highest BCUT2D eigenvalue weighted by molar-refractivity contribution is 6.03. The minimum absolute atomic E-state index is 0.159. The third-order valence-electron chi connectivity index (χ3n) is 2.65. The Morgan fingerprint density at radius 1 is 1.39 bits per heavy atom. The molecule has 1 amide bonds. The molecule has 0 aliphatic rings. The van der Waals surface area contributed by atoms with Gasteiger partial charge in [0.25, 0.3) is 5.91 Å². The highest BCUT2D eigenvalue weighted by Crippen LogP contribution is 2.09. The van der Waals surface area contributed by atoms with Gasteiger partial charge in [0, 0.05) is 19.3 Å². The van der Waals surface area contributed by atoms with Gasteiger partial charge in [-0.3, -0.25) is 14.2 Å². The molecule has 0 saturated carbocycles. The van der Waals surface area contributed by atoms with E-state index in [4.69, 9.17) is 0 Å². The third-order valence-corrected chi connectivity index (χ3v) is 2.65. The van der Waals surface area contributed by atoms with Crippen molar-refractivity contribution in [3.63, 3.8) is 0 Å². The van der Waals surface area contributed by atoms with E-state index in [1.807, 2.05) is 20.8 Å². The van der Waals surface area contributed by atoms with Crippen LogP contribution in [-0.2, 0) is 13.1 Å². The molecule has 0 atom stereocenters. The Morgan fingerprint density at radius 2 is 2.17 bits per heavy atom. The van der Waals surface area contributed by atoms with Crippen molar-refractivity contribution >= 4 is 11.6 Å². The number of anilines is 1. The average molecular weight is 247 g/mol. The van der Waals surface area contributed by atoms with Crippen LogP contribution in [0.15, 0.2) is 18.5 Å². The molecule has 0 unspecified atom stereocenters. The van der Waals surface area contributed by atoms with Crippen LogP contribution in [0.3, 0.4) is 0 Å². The van der Waals surface area contributed by atoms with Crippen LogP contribution in [0.25, 0.3) is 0 Å². The van der Waals surface area contributed by atoms with Crippen molar-refractivity contribution in [2.45, 2.75) is 33.9 Å². The van der Waals surface area contributed by atoms with Crippen LogP contribution in [0, 0.1) is 6.92 Å². The number of nitrogens with zero attached hydrogens (tertiary/aromatic N) is 4. The Labute approximate surface area is 106 Å². The molecule has 2 heterocycles. The maximum atomic E-state index is 12.1. The summed E-state index contributed by atoms with van der Waals surface area (Å²) in [5.74, 6) is -0.159. The van der Waals surface area contributed by atoms with Crippen LogP contribution < -0.4 is 5.32 Å². The summed E-state index contributed by atoms with van der Waals surface area (Å²) in [6, 6.07) is 1.78. The Balaban J connectivity index is 2.16. The van der Waals surface area contributed by atoms with Gasteiger partial charge in [-0.1, -0.05) is 0 Å². The molecule has 6 heteroatoms. The summed E-state index contributed by atoms with van der Waals surface area (Å²) in [6.07, 6.45) is 3.44. The zero-order chi connectivity index (χ0) is 13.1. The first kappa shape index (κ1) is 12.3. The first-order valence-electron chi connectivity index (χ1n) is 6.02. The van der Waals surface area contributed by atoms with Crippen molar-refractivity contribution in [3.8, 4) is 0 Å². The van der Waals surface area contributed by atoms with E-state index in [9.17, 15) is 4.79 Å². The molecule has 0 spiro atoms. The van der Waals surface area contributed by atoms with Gasteiger partial charge in [0.15, 0.2) is 0 Å². The van der Waals surface area contributed by atoms with E-state index in [0.29, 0.717) is 17.9 Å². The molecule has 0 aromatic carbocycles. The molecule has 2 aromatic heterocycles. The number of hydrogen-bond acceptors (Lipinski definition) is 3.